The number of hydrogen-bond acceptors (Lipinski definition) is 16. The molecule has 1 aromatic carbocycles. The van der Waals surface area contributed by atoms with Crippen molar-refractivity contribution in [2.24, 2.45) is 28.6 Å². The smallest absolute Gasteiger partial charge is 0.493 e. The minimum Gasteiger partial charge on any atom is -0.493 e. The minimum atomic E-state index is -2.15. The Hall–Kier alpha value is -4.49. The lowest BCUT2D eigenvalue weighted by Gasteiger charge is -2.61. The highest BCUT2D eigenvalue weighted by Gasteiger charge is 2.72. The number of methoxy groups -OCH3 is 1. The lowest BCUT2D eigenvalue weighted by molar-refractivity contribution is -0.758. The molecule has 17 nitrogen and oxygen atoms in total. The Labute approximate surface area is 328 Å². The third-order valence-corrected chi connectivity index (χ3v) is 11.6. The van der Waals surface area contributed by atoms with Gasteiger partial charge in [-0.05, 0) is 88.1 Å². The van der Waals surface area contributed by atoms with Gasteiger partial charge in [-0.15, -0.1) is 10.1 Å². The quantitative estimate of drug-likeness (QED) is 0.0536. The van der Waals surface area contributed by atoms with Crippen LogP contribution < -0.4 is 9.47 Å². The molecule has 8 atom stereocenters. The number of carbonyl (C=O) groups is 4. The van der Waals surface area contributed by atoms with Crippen LogP contribution in [-0.2, 0) is 38.1 Å². The highest BCUT2D eigenvalue weighted by atomic mass is 19.1. The molecule has 57 heavy (non-hydrogen) atoms. The number of aliphatic hydroxyl groups is 2. The van der Waals surface area contributed by atoms with Gasteiger partial charge >= 0.3 is 12.1 Å². The van der Waals surface area contributed by atoms with Crippen LogP contribution in [0.1, 0.15) is 63.7 Å². The number of ether oxygens (including phenoxy) is 7. The first kappa shape index (κ1) is 43.6. The molecule has 18 heteroatoms. The third-order valence-electron chi connectivity index (χ3n) is 11.6. The van der Waals surface area contributed by atoms with Crippen LogP contribution in [0.3, 0.4) is 0 Å². The second-order valence-electron chi connectivity index (χ2n) is 15.6. The Morgan fingerprint density at radius 3 is 2.37 bits per heavy atom. The summed E-state index contributed by atoms with van der Waals surface area (Å²) >= 11 is 0. The molecule has 0 amide bonds. The molecule has 3 fully saturated rings. The first-order valence-electron chi connectivity index (χ1n) is 18.7. The maximum atomic E-state index is 17.6. The molecular formula is C39H50FNO16. The number of Topliss-reactive ketones (excluding diaryl/α,β-unsaturated/α-hetero) is 1. The molecule has 2 unspecified atom stereocenters. The van der Waals surface area contributed by atoms with Gasteiger partial charge < -0.3 is 48.2 Å². The molecule has 314 valence electrons. The Morgan fingerprint density at radius 2 is 1.70 bits per heavy atom. The van der Waals surface area contributed by atoms with Gasteiger partial charge in [-0.3, -0.25) is 9.59 Å². The molecule has 0 spiro atoms. The number of ketones is 2. The number of allylic oxidation sites excluding steroid dienone is 4. The molecule has 4 aliphatic rings. The van der Waals surface area contributed by atoms with Crippen LogP contribution in [0.2, 0.25) is 0 Å². The summed E-state index contributed by atoms with van der Waals surface area (Å²) in [5.41, 5.74) is -3.71. The first-order chi connectivity index (χ1) is 26.8. The molecular weight excluding hydrogens is 757 g/mol. The van der Waals surface area contributed by atoms with Gasteiger partial charge in [0, 0.05) is 11.3 Å². The van der Waals surface area contributed by atoms with E-state index >= 15 is 4.39 Å². The number of halogens is 1. The average molecular weight is 808 g/mol. The van der Waals surface area contributed by atoms with Crippen molar-refractivity contribution in [3.63, 3.8) is 0 Å². The van der Waals surface area contributed by atoms with Crippen LogP contribution in [0.25, 0.3) is 0 Å². The van der Waals surface area contributed by atoms with E-state index in [0.717, 1.165) is 0 Å². The summed E-state index contributed by atoms with van der Waals surface area (Å²) < 4.78 is 55.1. The van der Waals surface area contributed by atoms with E-state index in [1.165, 1.54) is 51.3 Å². The molecule has 0 aliphatic heterocycles. The zero-order valence-corrected chi connectivity index (χ0v) is 32.6. The molecule has 0 bridgehead atoms. The molecule has 0 heterocycles. The molecule has 4 aliphatic carbocycles. The van der Waals surface area contributed by atoms with Crippen molar-refractivity contribution < 1.29 is 76.9 Å². The topological polar surface area (TPSA) is 226 Å². The van der Waals surface area contributed by atoms with Gasteiger partial charge in [0.15, 0.2) is 41.1 Å². The summed E-state index contributed by atoms with van der Waals surface area (Å²) in [5, 5.41) is 31.5. The van der Waals surface area contributed by atoms with E-state index in [0.29, 0.717) is 18.4 Å². The van der Waals surface area contributed by atoms with Crippen molar-refractivity contribution in [2.75, 3.05) is 53.4 Å². The second kappa shape index (κ2) is 17.6. The SMILES string of the molecule is COc1cc(C(=O)OCCOCCOCCO[N+](=O)[O-])ccc1OC(=O)OCC(=O)[C@H]1[C@H](OC(C)(C)O)CC2C3CCC4=CC(=O)C=C[C@]4(C)[C@@]3(F)[C@@H](O)C[C@@]21C. The van der Waals surface area contributed by atoms with Gasteiger partial charge in [-0.2, -0.15) is 0 Å². The lowest BCUT2D eigenvalue weighted by atomic mass is 9.45. The fourth-order valence-corrected chi connectivity index (χ4v) is 9.25. The minimum absolute atomic E-state index is 0.00984. The molecule has 0 radical (unpaired) electrons. The number of alkyl halides is 1. The van der Waals surface area contributed by atoms with Crippen LogP contribution in [-0.4, -0.2) is 116 Å². The molecule has 2 N–H and O–H groups in total. The van der Waals surface area contributed by atoms with Crippen molar-refractivity contribution in [1.82, 2.24) is 0 Å². The van der Waals surface area contributed by atoms with Crippen molar-refractivity contribution in [3.05, 3.63) is 57.7 Å². The van der Waals surface area contributed by atoms with Gasteiger partial charge in [0.2, 0.25) is 0 Å². The summed E-state index contributed by atoms with van der Waals surface area (Å²) in [6.45, 7) is 5.62. The van der Waals surface area contributed by atoms with E-state index in [-0.39, 0.29) is 75.3 Å². The number of rotatable bonds is 18. The number of hydrogen-bond donors (Lipinski definition) is 2. The van der Waals surface area contributed by atoms with E-state index in [2.05, 4.69) is 4.84 Å². The maximum Gasteiger partial charge on any atom is 0.514 e. The monoisotopic (exact) mass is 807 g/mol. The number of fused-ring (bicyclic) bond motifs is 5. The fraction of sp³-hybridized carbons (Fsp3) is 0.641. The Kier molecular flexibility index (Phi) is 13.4. The molecule has 3 saturated carbocycles. The van der Waals surface area contributed by atoms with Crippen LogP contribution in [0, 0.1) is 38.7 Å². The van der Waals surface area contributed by atoms with Crippen LogP contribution in [0.5, 0.6) is 11.5 Å². The number of aliphatic hydroxyl groups excluding tert-OH is 1. The zero-order valence-electron chi connectivity index (χ0n) is 32.6. The standard InChI is InChI=1S/C39H50FNO16/c1-36(2,47)57-31-20-27-26-8-7-24-19-25(42)10-11-38(24,4)39(26,40)32(44)21-37(27,3)33(31)28(43)22-54-35(46)56-29-9-6-23(18-30(29)50-5)34(45)53-16-14-51-12-13-52-15-17-55-41(48)49/h6,9-11,18-19,26-27,31-33,44,47H,7-8,12-17,20-22H2,1-5H3/t26?,27?,31-,32+,33+,37+,38+,39+/m1/s1. The largest absolute Gasteiger partial charge is 0.514 e. The van der Waals surface area contributed by atoms with Gasteiger partial charge in [-0.1, -0.05) is 18.6 Å². The number of carbonyl (C=O) groups excluding carboxylic acids is 4. The Morgan fingerprint density at radius 1 is 1.02 bits per heavy atom. The molecule has 1 aromatic rings. The van der Waals surface area contributed by atoms with E-state index in [9.17, 15) is 39.5 Å². The van der Waals surface area contributed by atoms with E-state index in [1.807, 2.05) is 0 Å². The third kappa shape index (κ3) is 9.30. The van der Waals surface area contributed by atoms with Gasteiger partial charge in [0.05, 0.1) is 57.2 Å². The normalized spacial score (nSPS) is 30.3. The van der Waals surface area contributed by atoms with Gasteiger partial charge in [0.25, 0.3) is 5.09 Å². The predicted octanol–water partition coefficient (Wildman–Crippen LogP) is 3.89. The lowest BCUT2D eigenvalue weighted by Crippen LogP contribution is -2.66. The van der Waals surface area contributed by atoms with Crippen molar-refractivity contribution >= 4 is 23.7 Å². The van der Waals surface area contributed by atoms with Crippen molar-refractivity contribution in [1.29, 1.82) is 0 Å². The zero-order chi connectivity index (χ0) is 41.8. The molecule has 5 rings (SSSR count). The highest BCUT2D eigenvalue weighted by molar-refractivity contribution is 6.01. The molecule has 0 aromatic heterocycles. The fourth-order valence-electron chi connectivity index (χ4n) is 9.25. The molecule has 0 saturated heterocycles. The Bertz CT molecular complexity index is 1760. The van der Waals surface area contributed by atoms with E-state index < -0.39 is 81.8 Å². The number of benzene rings is 1. The van der Waals surface area contributed by atoms with Crippen molar-refractivity contribution in [2.45, 2.75) is 77.0 Å². The van der Waals surface area contributed by atoms with E-state index in [1.54, 1.807) is 19.9 Å². The summed E-state index contributed by atoms with van der Waals surface area (Å²) in [7, 11) is 1.28. The second-order valence-corrected chi connectivity index (χ2v) is 15.6. The summed E-state index contributed by atoms with van der Waals surface area (Å²) in [6, 6.07) is 3.88. The van der Waals surface area contributed by atoms with Gasteiger partial charge in [0.1, 0.15) is 13.2 Å². The number of esters is 1. The number of nitrogens with zero attached hydrogens (tertiary/aromatic N) is 1. The highest BCUT2D eigenvalue weighted by Crippen LogP contribution is 2.69. The summed E-state index contributed by atoms with van der Waals surface area (Å²) in [6.07, 6.45) is 1.47. The van der Waals surface area contributed by atoms with Crippen molar-refractivity contribution in [3.8, 4) is 11.5 Å². The van der Waals surface area contributed by atoms with Crippen LogP contribution >= 0.6 is 0 Å². The average Bonchev–Trinajstić information content (AvgIpc) is 3.41. The van der Waals surface area contributed by atoms with Crippen LogP contribution in [0.15, 0.2) is 42.0 Å². The summed E-state index contributed by atoms with van der Waals surface area (Å²) in [5.74, 6) is -5.53. The maximum absolute atomic E-state index is 17.6. The first-order valence-corrected chi connectivity index (χ1v) is 18.7. The van der Waals surface area contributed by atoms with Crippen LogP contribution in [0.4, 0.5) is 9.18 Å². The van der Waals surface area contributed by atoms with E-state index in [4.69, 9.17) is 33.2 Å². The van der Waals surface area contributed by atoms with Gasteiger partial charge in [-0.25, -0.2) is 14.0 Å². The Balaban J connectivity index is 1.18. The predicted molar refractivity (Wildman–Crippen MR) is 193 cm³/mol. The summed E-state index contributed by atoms with van der Waals surface area (Å²) in [4.78, 5) is 65.9.